The smallest absolute Gasteiger partial charge is 0.129 e. The molecule has 0 bridgehead atoms. The van der Waals surface area contributed by atoms with E-state index < -0.39 is 18.0 Å². The SMILES string of the molecule is CC(Cc1ccccc1Cl)C(N)C(O)c1ccccc1F. The van der Waals surface area contributed by atoms with Crippen LogP contribution in [-0.2, 0) is 6.42 Å². The lowest BCUT2D eigenvalue weighted by molar-refractivity contribution is 0.118. The summed E-state index contributed by atoms with van der Waals surface area (Å²) in [6, 6.07) is 13.1. The summed E-state index contributed by atoms with van der Waals surface area (Å²) in [5.41, 5.74) is 7.31. The molecule has 0 saturated carbocycles. The molecular weight excluding hydrogens is 289 g/mol. The second kappa shape index (κ2) is 7.03. The molecule has 2 aromatic carbocycles. The molecule has 0 aliphatic carbocycles. The summed E-state index contributed by atoms with van der Waals surface area (Å²) in [6.45, 7) is 1.93. The summed E-state index contributed by atoms with van der Waals surface area (Å²) in [6.07, 6.45) is -0.407. The number of hydrogen-bond donors (Lipinski definition) is 2. The van der Waals surface area contributed by atoms with Gasteiger partial charge in [0.05, 0.1) is 6.10 Å². The highest BCUT2D eigenvalue weighted by molar-refractivity contribution is 6.31. The molecule has 0 aliphatic heterocycles. The van der Waals surface area contributed by atoms with Crippen LogP contribution in [0.4, 0.5) is 4.39 Å². The van der Waals surface area contributed by atoms with Crippen molar-refractivity contribution in [3.05, 3.63) is 70.5 Å². The molecule has 2 nitrogen and oxygen atoms in total. The zero-order valence-electron chi connectivity index (χ0n) is 11.8. The highest BCUT2D eigenvalue weighted by Crippen LogP contribution is 2.26. The van der Waals surface area contributed by atoms with Gasteiger partial charge in [0.2, 0.25) is 0 Å². The third-order valence-corrected chi connectivity index (χ3v) is 4.11. The van der Waals surface area contributed by atoms with Crippen LogP contribution in [0.15, 0.2) is 48.5 Å². The molecule has 0 spiro atoms. The van der Waals surface area contributed by atoms with Gasteiger partial charge in [-0.15, -0.1) is 0 Å². The van der Waals surface area contributed by atoms with E-state index in [-0.39, 0.29) is 11.5 Å². The van der Waals surface area contributed by atoms with Crippen LogP contribution in [0.1, 0.15) is 24.2 Å². The minimum absolute atomic E-state index is 0.0421. The van der Waals surface area contributed by atoms with Crippen molar-refractivity contribution in [2.75, 3.05) is 0 Å². The zero-order chi connectivity index (χ0) is 15.4. The maximum Gasteiger partial charge on any atom is 0.129 e. The van der Waals surface area contributed by atoms with Gasteiger partial charge in [-0.25, -0.2) is 4.39 Å². The largest absolute Gasteiger partial charge is 0.387 e. The predicted molar refractivity (Wildman–Crippen MR) is 83.7 cm³/mol. The lowest BCUT2D eigenvalue weighted by Crippen LogP contribution is -2.36. The van der Waals surface area contributed by atoms with E-state index in [0.717, 1.165) is 5.56 Å². The maximum atomic E-state index is 13.7. The lowest BCUT2D eigenvalue weighted by Gasteiger charge is -2.26. The monoisotopic (exact) mass is 307 g/mol. The Labute approximate surface area is 129 Å². The number of nitrogens with two attached hydrogens (primary N) is 1. The molecule has 0 amide bonds. The van der Waals surface area contributed by atoms with Crippen LogP contribution in [0.2, 0.25) is 5.02 Å². The van der Waals surface area contributed by atoms with E-state index in [4.69, 9.17) is 17.3 Å². The highest BCUT2D eigenvalue weighted by Gasteiger charge is 2.25. The van der Waals surface area contributed by atoms with Crippen LogP contribution in [-0.4, -0.2) is 11.1 Å². The fourth-order valence-corrected chi connectivity index (χ4v) is 2.59. The van der Waals surface area contributed by atoms with Gasteiger partial charge in [-0.05, 0) is 30.0 Å². The van der Waals surface area contributed by atoms with Crippen LogP contribution in [0.3, 0.4) is 0 Å². The molecule has 0 aromatic heterocycles. The highest BCUT2D eigenvalue weighted by atomic mass is 35.5. The second-order valence-corrected chi connectivity index (χ2v) is 5.72. The Kier molecular flexibility index (Phi) is 5.34. The maximum absolute atomic E-state index is 13.7. The summed E-state index contributed by atoms with van der Waals surface area (Å²) in [5.74, 6) is -0.482. The van der Waals surface area contributed by atoms with Crippen molar-refractivity contribution in [1.29, 1.82) is 0 Å². The average Bonchev–Trinajstić information content (AvgIpc) is 2.48. The van der Waals surface area contributed by atoms with Gasteiger partial charge in [0.15, 0.2) is 0 Å². The molecule has 21 heavy (non-hydrogen) atoms. The first-order valence-electron chi connectivity index (χ1n) is 6.92. The third-order valence-electron chi connectivity index (χ3n) is 3.75. The van der Waals surface area contributed by atoms with Gasteiger partial charge < -0.3 is 10.8 Å². The van der Waals surface area contributed by atoms with Gasteiger partial charge in [-0.3, -0.25) is 0 Å². The molecule has 112 valence electrons. The number of benzene rings is 2. The lowest BCUT2D eigenvalue weighted by atomic mass is 9.88. The summed E-state index contributed by atoms with van der Waals surface area (Å²) in [4.78, 5) is 0. The first-order valence-corrected chi connectivity index (χ1v) is 7.30. The normalized spacial score (nSPS) is 15.5. The molecule has 3 N–H and O–H groups in total. The molecule has 0 aliphatic rings. The summed E-state index contributed by atoms with van der Waals surface area (Å²) >= 11 is 6.13. The number of aliphatic hydroxyl groups excluding tert-OH is 1. The fourth-order valence-electron chi connectivity index (χ4n) is 2.38. The van der Waals surface area contributed by atoms with Crippen LogP contribution in [0, 0.1) is 11.7 Å². The number of hydrogen-bond acceptors (Lipinski definition) is 2. The molecular formula is C17H19ClFNO. The Morgan fingerprint density at radius 3 is 2.43 bits per heavy atom. The quantitative estimate of drug-likeness (QED) is 0.884. The minimum Gasteiger partial charge on any atom is -0.387 e. The first kappa shape index (κ1) is 16.0. The average molecular weight is 308 g/mol. The minimum atomic E-state index is -1.04. The van der Waals surface area contributed by atoms with Crippen LogP contribution < -0.4 is 5.73 Å². The van der Waals surface area contributed by atoms with E-state index in [2.05, 4.69) is 0 Å². The molecule has 0 heterocycles. The van der Waals surface area contributed by atoms with E-state index >= 15 is 0 Å². The summed E-state index contributed by atoms with van der Waals surface area (Å²) in [5, 5.41) is 11.0. The van der Waals surface area contributed by atoms with Crippen LogP contribution >= 0.6 is 11.6 Å². The number of halogens is 2. The topological polar surface area (TPSA) is 46.2 Å². The molecule has 0 fully saturated rings. The van der Waals surface area contributed by atoms with Crippen molar-refractivity contribution in [3.63, 3.8) is 0 Å². The molecule has 3 unspecified atom stereocenters. The molecule has 4 heteroatoms. The fraction of sp³-hybridized carbons (Fsp3) is 0.294. The summed E-state index contributed by atoms with van der Waals surface area (Å²) < 4.78 is 13.7. The number of rotatable bonds is 5. The van der Waals surface area contributed by atoms with Gasteiger partial charge in [0, 0.05) is 16.6 Å². The number of aliphatic hydroxyl groups is 1. The molecule has 0 radical (unpaired) electrons. The van der Waals surface area contributed by atoms with E-state index in [1.807, 2.05) is 31.2 Å². The van der Waals surface area contributed by atoms with Gasteiger partial charge in [0.1, 0.15) is 5.82 Å². The van der Waals surface area contributed by atoms with Crippen molar-refractivity contribution in [1.82, 2.24) is 0 Å². The van der Waals surface area contributed by atoms with E-state index in [0.29, 0.717) is 11.4 Å². The van der Waals surface area contributed by atoms with E-state index in [1.165, 1.54) is 6.07 Å². The summed E-state index contributed by atoms with van der Waals surface area (Å²) in [7, 11) is 0. The third kappa shape index (κ3) is 3.82. The van der Waals surface area contributed by atoms with Gasteiger partial charge in [-0.2, -0.15) is 0 Å². The Hall–Kier alpha value is -1.42. The molecule has 2 rings (SSSR count). The predicted octanol–water partition coefficient (Wildman–Crippen LogP) is 3.72. The molecule has 0 saturated heterocycles. The first-order chi connectivity index (χ1) is 10.0. The molecule has 3 atom stereocenters. The Balaban J connectivity index is 2.10. The van der Waals surface area contributed by atoms with Crippen molar-refractivity contribution < 1.29 is 9.50 Å². The standard InChI is InChI=1S/C17H19ClFNO/c1-11(10-12-6-2-4-8-14(12)18)16(20)17(21)13-7-3-5-9-15(13)19/h2-9,11,16-17,21H,10,20H2,1H3. The second-order valence-electron chi connectivity index (χ2n) is 5.32. The Bertz CT molecular complexity index is 605. The van der Waals surface area contributed by atoms with Gasteiger partial charge >= 0.3 is 0 Å². The van der Waals surface area contributed by atoms with E-state index in [1.54, 1.807) is 18.2 Å². The Morgan fingerprint density at radius 2 is 1.76 bits per heavy atom. The van der Waals surface area contributed by atoms with Crippen molar-refractivity contribution in [2.45, 2.75) is 25.5 Å². The van der Waals surface area contributed by atoms with Gasteiger partial charge in [0.25, 0.3) is 0 Å². The van der Waals surface area contributed by atoms with Crippen LogP contribution in [0.25, 0.3) is 0 Å². The van der Waals surface area contributed by atoms with Crippen molar-refractivity contribution in [3.8, 4) is 0 Å². The Morgan fingerprint density at radius 1 is 1.14 bits per heavy atom. The van der Waals surface area contributed by atoms with Crippen molar-refractivity contribution in [2.24, 2.45) is 11.7 Å². The van der Waals surface area contributed by atoms with Crippen LogP contribution in [0.5, 0.6) is 0 Å². The molecule has 2 aromatic rings. The zero-order valence-corrected chi connectivity index (χ0v) is 12.6. The van der Waals surface area contributed by atoms with Crippen molar-refractivity contribution >= 4 is 11.6 Å². The van der Waals surface area contributed by atoms with E-state index in [9.17, 15) is 9.50 Å². The van der Waals surface area contributed by atoms with Gasteiger partial charge in [-0.1, -0.05) is 54.9 Å².